The number of sulfonamides is 1. The van der Waals surface area contributed by atoms with E-state index < -0.39 is 10.0 Å². The number of para-hydroxylation sites is 2. The summed E-state index contributed by atoms with van der Waals surface area (Å²) in [7, 11) is -3.88. The summed E-state index contributed by atoms with van der Waals surface area (Å²) in [5.41, 5.74) is 5.06. The van der Waals surface area contributed by atoms with Gasteiger partial charge in [0.05, 0.1) is 5.69 Å². The maximum atomic E-state index is 13.5. The number of hydrogen-bond acceptors (Lipinski definition) is 5. The van der Waals surface area contributed by atoms with Crippen LogP contribution < -0.4 is 9.62 Å². The van der Waals surface area contributed by atoms with Gasteiger partial charge in [-0.3, -0.25) is 14.5 Å². The maximum absolute atomic E-state index is 13.5. The van der Waals surface area contributed by atoms with E-state index in [2.05, 4.69) is 45.8 Å². The van der Waals surface area contributed by atoms with Crippen LogP contribution in [0.1, 0.15) is 73.4 Å². The third-order valence-electron chi connectivity index (χ3n) is 8.29. The second-order valence-corrected chi connectivity index (χ2v) is 12.5. The minimum absolute atomic E-state index is 0.0393. The molecular formula is C33H40N4O3S. The Hall–Kier alpha value is -3.65. The first-order valence-electron chi connectivity index (χ1n) is 14.8. The molecule has 216 valence electrons. The highest BCUT2D eigenvalue weighted by atomic mass is 32.2. The normalized spacial score (nSPS) is 16.7. The van der Waals surface area contributed by atoms with Crippen molar-refractivity contribution in [3.8, 4) is 0 Å². The van der Waals surface area contributed by atoms with Crippen molar-refractivity contribution < 1.29 is 13.2 Å². The quantitative estimate of drug-likeness (QED) is 0.302. The third-order valence-corrected chi connectivity index (χ3v) is 9.70. The number of aliphatic imine (C=N–C) groups is 1. The standard InChI is InChI=1S/C33H40N4O3S/c1-3-25-11-8-9-15-30(25)36-21-23-37(24-22-36)33(38)27-17-19-28(20-18-27)35-41(39,40)31-16-10-14-29(32(31)34-4-2)26-12-6-5-7-13-26/h4,8-11,14-20,26,35H,3,5-7,12-13,21-24H2,1-2H3. The molecule has 0 radical (unpaired) electrons. The van der Waals surface area contributed by atoms with Gasteiger partial charge in [-0.2, -0.15) is 0 Å². The molecule has 1 aliphatic carbocycles. The lowest BCUT2D eigenvalue weighted by Crippen LogP contribution is -2.49. The van der Waals surface area contributed by atoms with Crippen LogP contribution in [0.15, 0.2) is 76.6 Å². The van der Waals surface area contributed by atoms with Crippen LogP contribution in [-0.4, -0.2) is 51.6 Å². The first kappa shape index (κ1) is 28.9. The third kappa shape index (κ3) is 6.48. The predicted octanol–water partition coefficient (Wildman–Crippen LogP) is 6.78. The Morgan fingerprint density at radius 3 is 2.32 bits per heavy atom. The van der Waals surface area contributed by atoms with Crippen molar-refractivity contribution >= 4 is 39.2 Å². The van der Waals surface area contributed by atoms with E-state index >= 15 is 0 Å². The van der Waals surface area contributed by atoms with Crippen molar-refractivity contribution in [2.45, 2.75) is 63.2 Å². The van der Waals surface area contributed by atoms with Crippen molar-refractivity contribution in [3.05, 3.63) is 83.4 Å². The summed E-state index contributed by atoms with van der Waals surface area (Å²) < 4.78 is 29.8. The molecule has 1 N–H and O–H groups in total. The molecule has 2 aliphatic rings. The predicted molar refractivity (Wildman–Crippen MR) is 167 cm³/mol. The van der Waals surface area contributed by atoms with E-state index in [0.717, 1.165) is 50.8 Å². The summed E-state index contributed by atoms with van der Waals surface area (Å²) in [6.45, 7) is 6.81. The van der Waals surface area contributed by atoms with Crippen LogP contribution in [0.3, 0.4) is 0 Å². The Morgan fingerprint density at radius 2 is 1.63 bits per heavy atom. The van der Waals surface area contributed by atoms with Gasteiger partial charge in [0.2, 0.25) is 0 Å². The zero-order valence-corrected chi connectivity index (χ0v) is 24.9. The van der Waals surface area contributed by atoms with Crippen LogP contribution in [0, 0.1) is 0 Å². The van der Waals surface area contributed by atoms with Crippen LogP contribution in [0.4, 0.5) is 17.1 Å². The van der Waals surface area contributed by atoms with Gasteiger partial charge in [0, 0.05) is 49.3 Å². The zero-order chi connectivity index (χ0) is 28.8. The maximum Gasteiger partial charge on any atom is 0.264 e. The second-order valence-electron chi connectivity index (χ2n) is 10.9. The van der Waals surface area contributed by atoms with Gasteiger partial charge < -0.3 is 9.80 Å². The van der Waals surface area contributed by atoms with Gasteiger partial charge in [-0.15, -0.1) is 0 Å². The van der Waals surface area contributed by atoms with Gasteiger partial charge in [-0.1, -0.05) is 56.5 Å². The molecule has 41 heavy (non-hydrogen) atoms. The van der Waals surface area contributed by atoms with Crippen LogP contribution in [0.5, 0.6) is 0 Å². The molecule has 8 heteroatoms. The molecule has 1 aliphatic heterocycles. The summed E-state index contributed by atoms with van der Waals surface area (Å²) >= 11 is 0. The first-order chi connectivity index (χ1) is 19.9. The van der Waals surface area contributed by atoms with Crippen LogP contribution in [0.25, 0.3) is 0 Å². The van der Waals surface area contributed by atoms with Crippen molar-refractivity contribution in [1.29, 1.82) is 0 Å². The fourth-order valence-electron chi connectivity index (χ4n) is 6.11. The number of hydrogen-bond donors (Lipinski definition) is 1. The second kappa shape index (κ2) is 12.9. The number of aryl methyl sites for hydroxylation is 1. The lowest BCUT2D eigenvalue weighted by atomic mass is 9.83. The van der Waals surface area contributed by atoms with E-state index in [0.29, 0.717) is 35.9 Å². The van der Waals surface area contributed by atoms with Gasteiger partial charge in [0.1, 0.15) is 4.90 Å². The SMILES string of the molecule is CC=Nc1c(C2CCCCC2)cccc1S(=O)(=O)Nc1ccc(C(=O)N2CCN(c3ccccc3CC)CC2)cc1. The molecule has 1 saturated carbocycles. The lowest BCUT2D eigenvalue weighted by Gasteiger charge is -2.37. The lowest BCUT2D eigenvalue weighted by molar-refractivity contribution is 0.0747. The van der Waals surface area contributed by atoms with E-state index in [1.807, 2.05) is 17.0 Å². The molecule has 0 spiro atoms. The number of rotatable bonds is 8. The molecule has 3 aromatic carbocycles. The highest BCUT2D eigenvalue weighted by molar-refractivity contribution is 7.92. The summed E-state index contributed by atoms with van der Waals surface area (Å²) in [6, 6.07) is 20.6. The van der Waals surface area contributed by atoms with Crippen LogP contribution >= 0.6 is 0 Å². The Kier molecular flexibility index (Phi) is 9.08. The Bertz CT molecular complexity index is 1490. The van der Waals surface area contributed by atoms with Crippen LogP contribution in [-0.2, 0) is 16.4 Å². The topological polar surface area (TPSA) is 82.1 Å². The molecule has 1 heterocycles. The Labute approximate surface area is 244 Å². The number of anilines is 2. The van der Waals surface area contributed by atoms with E-state index in [4.69, 9.17) is 0 Å². The molecular weight excluding hydrogens is 532 g/mol. The zero-order valence-electron chi connectivity index (χ0n) is 24.1. The summed E-state index contributed by atoms with van der Waals surface area (Å²) in [5.74, 6) is 0.286. The number of nitrogens with zero attached hydrogens (tertiary/aromatic N) is 3. The molecule has 1 saturated heterocycles. The van der Waals surface area contributed by atoms with Gasteiger partial charge in [-0.05, 0) is 79.6 Å². The fourth-order valence-corrected chi connectivity index (χ4v) is 7.35. The summed E-state index contributed by atoms with van der Waals surface area (Å²) in [6.07, 6.45) is 8.28. The van der Waals surface area contributed by atoms with E-state index in [1.165, 1.54) is 17.7 Å². The smallest absolute Gasteiger partial charge is 0.264 e. The number of carbonyl (C=O) groups excluding carboxylic acids is 1. The molecule has 0 aromatic heterocycles. The highest BCUT2D eigenvalue weighted by Crippen LogP contribution is 2.40. The van der Waals surface area contributed by atoms with Crippen molar-refractivity contribution in [1.82, 2.24) is 4.90 Å². The molecule has 7 nitrogen and oxygen atoms in total. The molecule has 5 rings (SSSR count). The number of amides is 1. The molecule has 0 atom stereocenters. The van der Waals surface area contributed by atoms with Gasteiger partial charge in [0.25, 0.3) is 15.9 Å². The number of piperazine rings is 1. The molecule has 1 amide bonds. The Morgan fingerprint density at radius 1 is 0.927 bits per heavy atom. The van der Waals surface area contributed by atoms with Gasteiger partial charge in [-0.25, -0.2) is 8.42 Å². The molecule has 2 fully saturated rings. The number of carbonyl (C=O) groups is 1. The molecule has 0 unspecified atom stereocenters. The Balaban J connectivity index is 1.27. The number of benzene rings is 3. The summed E-state index contributed by atoms with van der Waals surface area (Å²) in [5, 5.41) is 0. The van der Waals surface area contributed by atoms with Crippen molar-refractivity contribution in [2.24, 2.45) is 4.99 Å². The van der Waals surface area contributed by atoms with Gasteiger partial charge >= 0.3 is 0 Å². The van der Waals surface area contributed by atoms with Crippen molar-refractivity contribution in [3.63, 3.8) is 0 Å². The first-order valence-corrected chi connectivity index (χ1v) is 16.3. The average molecular weight is 573 g/mol. The summed E-state index contributed by atoms with van der Waals surface area (Å²) in [4.78, 5) is 22.2. The minimum atomic E-state index is -3.88. The van der Waals surface area contributed by atoms with E-state index in [-0.39, 0.29) is 10.8 Å². The molecule has 3 aromatic rings. The fraction of sp³-hybridized carbons (Fsp3) is 0.394. The highest BCUT2D eigenvalue weighted by Gasteiger charge is 2.26. The largest absolute Gasteiger partial charge is 0.368 e. The molecule has 0 bridgehead atoms. The van der Waals surface area contributed by atoms with E-state index in [9.17, 15) is 13.2 Å². The van der Waals surface area contributed by atoms with Gasteiger partial charge in [0.15, 0.2) is 0 Å². The monoisotopic (exact) mass is 572 g/mol. The number of nitrogens with one attached hydrogen (secondary N) is 1. The van der Waals surface area contributed by atoms with Crippen LogP contribution in [0.2, 0.25) is 0 Å². The van der Waals surface area contributed by atoms with Crippen molar-refractivity contribution in [2.75, 3.05) is 35.8 Å². The van der Waals surface area contributed by atoms with E-state index in [1.54, 1.807) is 43.5 Å². The minimum Gasteiger partial charge on any atom is -0.368 e. The average Bonchev–Trinajstić information content (AvgIpc) is 3.01.